The molecule has 3 heterocycles. The molecule has 3 aromatic rings. The van der Waals surface area contributed by atoms with Crippen molar-refractivity contribution in [3.63, 3.8) is 0 Å². The number of carbonyl (C=O) groups is 1. The molecule has 0 radical (unpaired) electrons. The third-order valence-corrected chi connectivity index (χ3v) is 6.06. The molecule has 0 amide bonds. The predicted octanol–water partition coefficient (Wildman–Crippen LogP) is 5.57. The fraction of sp³-hybridized carbons (Fsp3) is 0.250. The largest absolute Gasteiger partial charge is 0.344 e. The number of thioether (sulfide) groups is 1. The van der Waals surface area contributed by atoms with Crippen LogP contribution in [0.4, 0.5) is 0 Å². The van der Waals surface area contributed by atoms with Crippen molar-refractivity contribution < 1.29 is 4.79 Å². The quantitative estimate of drug-likeness (QED) is 0.561. The third kappa shape index (κ3) is 2.47. The van der Waals surface area contributed by atoms with Crippen LogP contribution in [0.5, 0.6) is 0 Å². The average Bonchev–Trinajstić information content (AvgIpc) is 2.99. The molecule has 0 aliphatic carbocycles. The standard InChI is InChI=1S/C20H19ClN2OS/c1-4-9-23-12(2)18(14-7-5-6-8-15(14)23)20(24)19-13-10-16(21)25-17(11-13)22(19)3/h5-8,10-11H,4,9H2,1-3H3. The number of aryl methyl sites for hydroxylation is 1. The van der Waals surface area contributed by atoms with Gasteiger partial charge in [-0.1, -0.05) is 48.5 Å². The van der Waals surface area contributed by atoms with Gasteiger partial charge in [-0.2, -0.15) is 0 Å². The van der Waals surface area contributed by atoms with Crippen LogP contribution in [0.15, 0.2) is 39.7 Å². The minimum absolute atomic E-state index is 0.0653. The highest BCUT2D eigenvalue weighted by molar-refractivity contribution is 8.04. The number of nitrogens with zero attached hydrogens (tertiary/aromatic N) is 2. The molecule has 0 N–H and O–H groups in total. The van der Waals surface area contributed by atoms with E-state index in [1.54, 1.807) is 0 Å². The second-order valence-electron chi connectivity index (χ2n) is 6.35. The summed E-state index contributed by atoms with van der Waals surface area (Å²) >= 11 is 7.69. The summed E-state index contributed by atoms with van der Waals surface area (Å²) in [6.45, 7) is 5.11. The number of benzene rings is 1. The molecular weight excluding hydrogens is 352 g/mol. The van der Waals surface area contributed by atoms with Crippen molar-refractivity contribution in [1.82, 2.24) is 9.13 Å². The maximum atomic E-state index is 13.5. The summed E-state index contributed by atoms with van der Waals surface area (Å²) in [7, 11) is 1.93. The maximum Gasteiger partial charge on any atom is 0.212 e. The van der Waals surface area contributed by atoms with Crippen molar-refractivity contribution in [3.05, 3.63) is 57.2 Å². The first-order chi connectivity index (χ1) is 12.0. The van der Waals surface area contributed by atoms with Crippen molar-refractivity contribution in [2.24, 2.45) is 7.05 Å². The summed E-state index contributed by atoms with van der Waals surface area (Å²) in [4.78, 5) is 13.5. The molecule has 3 nitrogen and oxygen atoms in total. The molecule has 5 heteroatoms. The normalized spacial score (nSPS) is 13.4. The van der Waals surface area contributed by atoms with Crippen molar-refractivity contribution in [1.29, 1.82) is 0 Å². The van der Waals surface area contributed by atoms with E-state index in [9.17, 15) is 4.79 Å². The second kappa shape index (κ2) is 6.11. The molecule has 2 bridgehead atoms. The van der Waals surface area contributed by atoms with E-state index in [1.165, 1.54) is 11.8 Å². The van der Waals surface area contributed by atoms with Crippen LogP contribution in [-0.2, 0) is 13.6 Å². The van der Waals surface area contributed by atoms with E-state index in [4.69, 9.17) is 11.6 Å². The molecule has 0 atom stereocenters. The van der Waals surface area contributed by atoms with E-state index in [-0.39, 0.29) is 5.78 Å². The van der Waals surface area contributed by atoms with Gasteiger partial charge >= 0.3 is 0 Å². The molecule has 0 saturated carbocycles. The van der Waals surface area contributed by atoms with Gasteiger partial charge in [0.25, 0.3) is 0 Å². The number of rotatable bonds is 4. The van der Waals surface area contributed by atoms with Gasteiger partial charge in [-0.05, 0) is 31.6 Å². The zero-order valence-electron chi connectivity index (χ0n) is 14.5. The minimum Gasteiger partial charge on any atom is -0.344 e. The highest BCUT2D eigenvalue weighted by Gasteiger charge is 2.27. The van der Waals surface area contributed by atoms with Crippen LogP contribution in [0.3, 0.4) is 0 Å². The first kappa shape index (κ1) is 16.6. The number of ketones is 1. The molecule has 4 rings (SSSR count). The Hall–Kier alpha value is -1.91. The molecule has 0 unspecified atom stereocenters. The lowest BCUT2D eigenvalue weighted by Gasteiger charge is -2.08. The first-order valence-corrected chi connectivity index (χ1v) is 9.59. The molecule has 1 aliphatic heterocycles. The van der Waals surface area contributed by atoms with Crippen LogP contribution >= 0.6 is 23.4 Å². The molecule has 128 valence electrons. The highest BCUT2D eigenvalue weighted by atomic mass is 35.5. The number of fused-ring (bicyclic) bond motifs is 3. The van der Waals surface area contributed by atoms with Crippen LogP contribution < -0.4 is 0 Å². The fourth-order valence-electron chi connectivity index (χ4n) is 3.69. The van der Waals surface area contributed by atoms with Crippen LogP contribution in [0.25, 0.3) is 17.0 Å². The van der Waals surface area contributed by atoms with Crippen molar-refractivity contribution in [2.75, 3.05) is 0 Å². The molecule has 0 spiro atoms. The highest BCUT2D eigenvalue weighted by Crippen LogP contribution is 2.40. The minimum atomic E-state index is 0.0653. The molecule has 1 aliphatic rings. The zero-order chi connectivity index (χ0) is 17.7. The summed E-state index contributed by atoms with van der Waals surface area (Å²) < 4.78 is 4.91. The smallest absolute Gasteiger partial charge is 0.212 e. The number of halogens is 1. The van der Waals surface area contributed by atoms with Gasteiger partial charge in [-0.25, -0.2) is 0 Å². The Labute approximate surface area is 156 Å². The first-order valence-electron chi connectivity index (χ1n) is 8.40. The summed E-state index contributed by atoms with van der Waals surface area (Å²) in [5.74, 6) is 0.0653. The lowest BCUT2D eigenvalue weighted by atomic mass is 10.0. The van der Waals surface area contributed by atoms with Crippen LogP contribution in [0, 0.1) is 6.92 Å². The topological polar surface area (TPSA) is 26.9 Å². The zero-order valence-corrected chi connectivity index (χ0v) is 16.0. The SMILES string of the molecule is CCCn1c(C)c(C(=O)c2c3cc(n2C)SC(Cl)=C3)c2ccccc21. The number of aromatic nitrogens is 2. The van der Waals surface area contributed by atoms with Crippen molar-refractivity contribution >= 4 is 46.1 Å². The Kier molecular flexibility index (Phi) is 4.05. The van der Waals surface area contributed by atoms with Gasteiger partial charge in [0.15, 0.2) is 0 Å². The summed E-state index contributed by atoms with van der Waals surface area (Å²) in [6, 6.07) is 10.2. The summed E-state index contributed by atoms with van der Waals surface area (Å²) in [5, 5.41) is 2.02. The van der Waals surface area contributed by atoms with Crippen molar-refractivity contribution in [3.8, 4) is 0 Å². The predicted molar refractivity (Wildman–Crippen MR) is 105 cm³/mol. The van der Waals surface area contributed by atoms with E-state index in [1.807, 2.05) is 48.9 Å². The van der Waals surface area contributed by atoms with Gasteiger partial charge in [0.1, 0.15) is 0 Å². The van der Waals surface area contributed by atoms with E-state index < -0.39 is 0 Å². The average molecular weight is 371 g/mol. The Balaban J connectivity index is 1.95. The van der Waals surface area contributed by atoms with Gasteiger partial charge in [-0.3, -0.25) is 4.79 Å². The monoisotopic (exact) mass is 370 g/mol. The van der Waals surface area contributed by atoms with Gasteiger partial charge in [0, 0.05) is 35.8 Å². The van der Waals surface area contributed by atoms with Gasteiger partial charge < -0.3 is 9.13 Å². The van der Waals surface area contributed by atoms with Crippen LogP contribution in [0.1, 0.15) is 40.7 Å². The number of para-hydroxylation sites is 1. The van der Waals surface area contributed by atoms with Crippen molar-refractivity contribution in [2.45, 2.75) is 31.8 Å². The van der Waals surface area contributed by atoms with E-state index in [0.717, 1.165) is 45.7 Å². The number of carbonyl (C=O) groups excluding carboxylic acids is 1. The fourth-order valence-corrected chi connectivity index (χ4v) is 4.85. The maximum absolute atomic E-state index is 13.5. The molecule has 0 saturated heterocycles. The van der Waals surface area contributed by atoms with Gasteiger partial charge in [0.05, 0.1) is 20.6 Å². The Morgan fingerprint density at radius 1 is 1.28 bits per heavy atom. The van der Waals surface area contributed by atoms with E-state index >= 15 is 0 Å². The molecule has 0 fully saturated rings. The van der Waals surface area contributed by atoms with Gasteiger partial charge in [-0.15, -0.1) is 0 Å². The lowest BCUT2D eigenvalue weighted by Crippen LogP contribution is -2.11. The molecule has 1 aromatic carbocycles. The van der Waals surface area contributed by atoms with E-state index in [0.29, 0.717) is 10.1 Å². The van der Waals surface area contributed by atoms with Crippen LogP contribution in [-0.4, -0.2) is 14.9 Å². The summed E-state index contributed by atoms with van der Waals surface area (Å²) in [6.07, 6.45) is 2.91. The number of hydrogen-bond acceptors (Lipinski definition) is 2. The Morgan fingerprint density at radius 2 is 2.04 bits per heavy atom. The number of hydrogen-bond donors (Lipinski definition) is 0. The lowest BCUT2D eigenvalue weighted by molar-refractivity contribution is 0.103. The Morgan fingerprint density at radius 3 is 2.80 bits per heavy atom. The molecule has 2 aromatic heterocycles. The van der Waals surface area contributed by atoms with Gasteiger partial charge in [0.2, 0.25) is 5.78 Å². The summed E-state index contributed by atoms with van der Waals surface area (Å²) in [5.41, 5.74) is 4.57. The Bertz CT molecular complexity index is 1040. The molecular formula is C20H19ClN2OS. The second-order valence-corrected chi connectivity index (χ2v) is 8.05. The molecule has 25 heavy (non-hydrogen) atoms. The van der Waals surface area contributed by atoms with E-state index in [2.05, 4.69) is 17.6 Å². The third-order valence-electron chi connectivity index (χ3n) is 4.81. The van der Waals surface area contributed by atoms with Crippen LogP contribution in [0.2, 0.25) is 0 Å².